The summed E-state index contributed by atoms with van der Waals surface area (Å²) >= 11 is 3.29. The fourth-order valence-electron chi connectivity index (χ4n) is 2.18. The van der Waals surface area contributed by atoms with Crippen LogP contribution < -0.4 is 0 Å². The van der Waals surface area contributed by atoms with Gasteiger partial charge in [-0.05, 0) is 71.4 Å². The molecular formula is C21H15BrN2O4. The highest BCUT2D eigenvalue weighted by Gasteiger charge is 2.11. The van der Waals surface area contributed by atoms with Crippen molar-refractivity contribution in [2.24, 2.45) is 10.3 Å². The van der Waals surface area contributed by atoms with Crippen LogP contribution in [0.5, 0.6) is 0 Å². The smallest absolute Gasteiger partial charge is 0.312 e. The number of rotatable bonds is 4. The predicted molar refractivity (Wildman–Crippen MR) is 109 cm³/mol. The van der Waals surface area contributed by atoms with E-state index in [4.69, 9.17) is 9.68 Å². The molecule has 0 N–H and O–H groups in total. The van der Waals surface area contributed by atoms with Crippen LogP contribution in [0.1, 0.15) is 26.3 Å². The maximum absolute atomic E-state index is 12.0. The van der Waals surface area contributed by atoms with Gasteiger partial charge < -0.3 is 9.68 Å². The normalized spacial score (nSPS) is 12.5. The van der Waals surface area contributed by atoms with Crippen molar-refractivity contribution in [3.8, 4) is 0 Å². The Labute approximate surface area is 170 Å². The van der Waals surface area contributed by atoms with Crippen LogP contribution in [-0.4, -0.2) is 23.4 Å². The lowest BCUT2D eigenvalue weighted by Crippen LogP contribution is -2.07. The van der Waals surface area contributed by atoms with E-state index in [2.05, 4.69) is 26.2 Å². The van der Waals surface area contributed by atoms with E-state index < -0.39 is 11.9 Å². The standard InChI is InChI=1S/C21H15BrN2O4/c1-14-6-8-15(9-7-14)20(25)27-23-16-10-12-17(13-11-16)24-28-21(26)18-4-2-3-5-19(18)22/h2-13H,1H3. The second-order valence-electron chi connectivity index (χ2n) is 5.80. The summed E-state index contributed by atoms with van der Waals surface area (Å²) in [6, 6.07) is 13.9. The molecule has 7 heteroatoms. The van der Waals surface area contributed by atoms with Crippen LogP contribution in [0.3, 0.4) is 0 Å². The zero-order valence-corrected chi connectivity index (χ0v) is 16.4. The van der Waals surface area contributed by atoms with Gasteiger partial charge in [-0.15, -0.1) is 0 Å². The average molecular weight is 439 g/mol. The molecule has 0 aromatic heterocycles. The molecule has 0 atom stereocenters. The van der Waals surface area contributed by atoms with Crippen LogP contribution in [0.25, 0.3) is 0 Å². The number of carbonyl (C=O) groups excluding carboxylic acids is 2. The number of carbonyl (C=O) groups is 2. The largest absolute Gasteiger partial charge is 0.366 e. The summed E-state index contributed by atoms with van der Waals surface area (Å²) in [7, 11) is 0. The number of aryl methyl sites for hydroxylation is 1. The number of oxime groups is 2. The Balaban J connectivity index is 1.57. The van der Waals surface area contributed by atoms with Gasteiger partial charge in [-0.2, -0.15) is 0 Å². The molecule has 1 aliphatic rings. The molecule has 3 rings (SSSR count). The highest BCUT2D eigenvalue weighted by atomic mass is 79.9. The molecule has 6 nitrogen and oxygen atoms in total. The second-order valence-corrected chi connectivity index (χ2v) is 6.66. The van der Waals surface area contributed by atoms with Crippen LogP contribution in [0, 0.1) is 6.92 Å². The van der Waals surface area contributed by atoms with E-state index in [1.54, 1.807) is 60.7 Å². The van der Waals surface area contributed by atoms with Crippen LogP contribution in [0.4, 0.5) is 0 Å². The predicted octanol–water partition coefficient (Wildman–Crippen LogP) is 4.61. The summed E-state index contributed by atoms with van der Waals surface area (Å²) in [5.74, 6) is -1.12. The van der Waals surface area contributed by atoms with E-state index in [-0.39, 0.29) is 0 Å². The number of hydrogen-bond donors (Lipinski definition) is 0. The van der Waals surface area contributed by atoms with Crippen molar-refractivity contribution in [3.63, 3.8) is 0 Å². The number of halogens is 1. The Bertz CT molecular complexity index is 1000. The molecule has 0 unspecified atom stereocenters. The van der Waals surface area contributed by atoms with Gasteiger partial charge in [0, 0.05) is 4.47 Å². The van der Waals surface area contributed by atoms with Crippen molar-refractivity contribution < 1.29 is 19.3 Å². The van der Waals surface area contributed by atoms with E-state index in [1.165, 1.54) is 0 Å². The third kappa shape index (κ3) is 5.11. The van der Waals surface area contributed by atoms with Crippen LogP contribution in [0.15, 0.2) is 87.6 Å². The lowest BCUT2D eigenvalue weighted by molar-refractivity contribution is 0.0507. The quantitative estimate of drug-likeness (QED) is 0.396. The molecule has 140 valence electrons. The second kappa shape index (κ2) is 9.05. The highest BCUT2D eigenvalue weighted by Crippen LogP contribution is 2.17. The summed E-state index contributed by atoms with van der Waals surface area (Å²) in [5, 5.41) is 7.59. The van der Waals surface area contributed by atoms with Gasteiger partial charge in [0.2, 0.25) is 0 Å². The molecule has 2 aromatic rings. The van der Waals surface area contributed by atoms with Crippen molar-refractivity contribution in [2.75, 3.05) is 0 Å². The zero-order chi connectivity index (χ0) is 19.9. The van der Waals surface area contributed by atoms with Crippen molar-refractivity contribution in [3.05, 3.63) is 94.0 Å². The maximum Gasteiger partial charge on any atom is 0.366 e. The SMILES string of the molecule is Cc1ccc(C(=O)ON=C2C=CC(=NOC(=O)c3ccccc3Br)C=C2)cc1. The Morgan fingerprint density at radius 1 is 0.786 bits per heavy atom. The molecule has 28 heavy (non-hydrogen) atoms. The summed E-state index contributed by atoms with van der Waals surface area (Å²) in [4.78, 5) is 33.8. The van der Waals surface area contributed by atoms with Gasteiger partial charge in [-0.25, -0.2) is 9.59 Å². The van der Waals surface area contributed by atoms with E-state index in [0.717, 1.165) is 5.56 Å². The van der Waals surface area contributed by atoms with E-state index >= 15 is 0 Å². The van der Waals surface area contributed by atoms with Gasteiger partial charge in [0.1, 0.15) is 11.4 Å². The maximum atomic E-state index is 12.0. The van der Waals surface area contributed by atoms with E-state index in [9.17, 15) is 9.59 Å². The Morgan fingerprint density at radius 3 is 1.89 bits per heavy atom. The van der Waals surface area contributed by atoms with Gasteiger partial charge in [0.25, 0.3) is 0 Å². The number of hydrogen-bond acceptors (Lipinski definition) is 6. The van der Waals surface area contributed by atoms with Gasteiger partial charge in [0.05, 0.1) is 11.1 Å². The highest BCUT2D eigenvalue weighted by molar-refractivity contribution is 9.10. The number of allylic oxidation sites excluding steroid dienone is 4. The minimum Gasteiger partial charge on any atom is -0.312 e. The lowest BCUT2D eigenvalue weighted by Gasteiger charge is -2.04. The fraction of sp³-hybridized carbons (Fsp3) is 0.0476. The van der Waals surface area contributed by atoms with E-state index in [0.29, 0.717) is 27.0 Å². The molecule has 0 saturated carbocycles. The van der Waals surface area contributed by atoms with Crippen LogP contribution >= 0.6 is 15.9 Å². The summed E-state index contributed by atoms with van der Waals surface area (Å²) in [6.07, 6.45) is 6.36. The minimum atomic E-state index is -0.576. The van der Waals surface area contributed by atoms with Crippen LogP contribution in [-0.2, 0) is 9.68 Å². The zero-order valence-electron chi connectivity index (χ0n) is 14.8. The van der Waals surface area contributed by atoms with Gasteiger partial charge in [-0.1, -0.05) is 40.1 Å². The van der Waals surface area contributed by atoms with Crippen molar-refractivity contribution in [1.29, 1.82) is 0 Å². The number of nitrogens with zero attached hydrogens (tertiary/aromatic N) is 2. The molecule has 0 spiro atoms. The topological polar surface area (TPSA) is 77.3 Å². The molecule has 1 aliphatic carbocycles. The summed E-state index contributed by atoms with van der Waals surface area (Å²) < 4.78 is 0.625. The minimum absolute atomic E-state index is 0.376. The third-order valence-corrected chi connectivity index (χ3v) is 4.39. The van der Waals surface area contributed by atoms with Gasteiger partial charge in [0.15, 0.2) is 0 Å². The first-order chi connectivity index (χ1) is 13.5. The Morgan fingerprint density at radius 2 is 1.32 bits per heavy atom. The van der Waals surface area contributed by atoms with Crippen molar-refractivity contribution in [1.82, 2.24) is 0 Å². The lowest BCUT2D eigenvalue weighted by atomic mass is 10.1. The molecule has 0 aliphatic heterocycles. The first-order valence-corrected chi connectivity index (χ1v) is 9.08. The first-order valence-electron chi connectivity index (χ1n) is 8.29. The van der Waals surface area contributed by atoms with Crippen LogP contribution in [0.2, 0.25) is 0 Å². The molecule has 0 bridgehead atoms. The van der Waals surface area contributed by atoms with E-state index in [1.807, 2.05) is 19.1 Å². The first kappa shape index (κ1) is 19.4. The van der Waals surface area contributed by atoms with Gasteiger partial charge in [-0.3, -0.25) is 0 Å². The molecular weight excluding hydrogens is 424 g/mol. The monoisotopic (exact) mass is 438 g/mol. The Hall–Kier alpha value is -3.32. The third-order valence-electron chi connectivity index (χ3n) is 3.70. The van der Waals surface area contributed by atoms with Crippen molar-refractivity contribution in [2.45, 2.75) is 6.92 Å². The summed E-state index contributed by atoms with van der Waals surface area (Å²) in [6.45, 7) is 1.93. The molecule has 0 radical (unpaired) electrons. The molecule has 2 aromatic carbocycles. The molecule has 0 amide bonds. The fourth-order valence-corrected chi connectivity index (χ4v) is 2.63. The number of benzene rings is 2. The molecule has 0 fully saturated rings. The molecule has 0 saturated heterocycles. The summed E-state index contributed by atoms with van der Waals surface area (Å²) in [5.41, 5.74) is 2.69. The van der Waals surface area contributed by atoms with Crippen molar-refractivity contribution >= 4 is 39.3 Å². The molecule has 0 heterocycles. The van der Waals surface area contributed by atoms with Gasteiger partial charge >= 0.3 is 11.9 Å². The Kier molecular flexibility index (Phi) is 6.29. The average Bonchev–Trinajstić information content (AvgIpc) is 2.72.